The van der Waals surface area contributed by atoms with Crippen LogP contribution in [-0.2, 0) is 10.0 Å². The molecule has 140 valence electrons. The Hall–Kier alpha value is -2.90. The number of para-hydroxylation sites is 1. The first-order chi connectivity index (χ1) is 12.9. The zero-order chi connectivity index (χ0) is 19.4. The zero-order valence-corrected chi connectivity index (χ0v) is 15.8. The Kier molecular flexibility index (Phi) is 5.43. The maximum Gasteiger partial charge on any atom is 0.250 e. The summed E-state index contributed by atoms with van der Waals surface area (Å²) >= 11 is 0. The van der Waals surface area contributed by atoms with Gasteiger partial charge in [0.15, 0.2) is 0 Å². The Labute approximate surface area is 157 Å². The molecule has 0 saturated carbocycles. The molecular weight excluding hydrogens is 364 g/mol. The normalized spacial score (nSPS) is 11.3. The number of hydrogen-bond donors (Lipinski definition) is 2. The summed E-state index contributed by atoms with van der Waals surface area (Å²) in [6.45, 7) is 3.70. The summed E-state index contributed by atoms with van der Waals surface area (Å²) in [5, 5.41) is 0. The summed E-state index contributed by atoms with van der Waals surface area (Å²) < 4.78 is 33.2. The summed E-state index contributed by atoms with van der Waals surface area (Å²) in [6, 6.07) is 15.6. The molecule has 0 aliphatic rings. The maximum absolute atomic E-state index is 12.4. The number of ether oxygens (including phenoxy) is 1. The van der Waals surface area contributed by atoms with Crippen molar-refractivity contribution in [3.63, 3.8) is 0 Å². The summed E-state index contributed by atoms with van der Waals surface area (Å²) in [5.41, 5.74) is 1.56. The number of sulfonamides is 1. The lowest BCUT2D eigenvalue weighted by Crippen LogP contribution is -2.23. The topological polar surface area (TPSA) is 88.3 Å². The Bertz CT molecular complexity index is 1110. The van der Waals surface area contributed by atoms with Crippen molar-refractivity contribution in [1.29, 1.82) is 0 Å². The molecule has 0 spiro atoms. The van der Waals surface area contributed by atoms with Crippen LogP contribution in [0.1, 0.15) is 12.5 Å². The van der Waals surface area contributed by atoms with Crippen molar-refractivity contribution in [2.45, 2.75) is 18.7 Å². The van der Waals surface area contributed by atoms with Gasteiger partial charge in [0.25, 0.3) is 5.56 Å². The predicted molar refractivity (Wildman–Crippen MR) is 105 cm³/mol. The van der Waals surface area contributed by atoms with E-state index < -0.39 is 10.0 Å². The van der Waals surface area contributed by atoms with Crippen LogP contribution in [0, 0.1) is 6.92 Å². The lowest BCUT2D eigenvalue weighted by Gasteiger charge is -2.14. The summed E-state index contributed by atoms with van der Waals surface area (Å²) in [4.78, 5) is 14.5. The van der Waals surface area contributed by atoms with Crippen molar-refractivity contribution in [3.8, 4) is 22.6 Å². The van der Waals surface area contributed by atoms with E-state index in [1.807, 2.05) is 30.3 Å². The second kappa shape index (κ2) is 7.77. The highest BCUT2D eigenvalue weighted by Gasteiger charge is 2.17. The first-order valence-electron chi connectivity index (χ1n) is 8.47. The molecule has 7 heteroatoms. The van der Waals surface area contributed by atoms with Crippen molar-refractivity contribution < 1.29 is 13.2 Å². The van der Waals surface area contributed by atoms with E-state index >= 15 is 0 Å². The molecule has 2 N–H and O–H groups in total. The highest BCUT2D eigenvalue weighted by atomic mass is 32.2. The third-order valence-electron chi connectivity index (χ3n) is 3.97. The molecule has 0 amide bonds. The molecular formula is C20H20N2O4S. The van der Waals surface area contributed by atoms with Gasteiger partial charge in [0, 0.05) is 29.4 Å². The highest BCUT2D eigenvalue weighted by Crippen LogP contribution is 2.35. The van der Waals surface area contributed by atoms with Crippen LogP contribution < -0.4 is 15.0 Å². The molecule has 27 heavy (non-hydrogen) atoms. The maximum atomic E-state index is 12.4. The van der Waals surface area contributed by atoms with Gasteiger partial charge in [-0.1, -0.05) is 25.1 Å². The number of pyridine rings is 1. The fraction of sp³-hybridized carbons (Fsp3) is 0.150. The quantitative estimate of drug-likeness (QED) is 0.681. The molecule has 1 aromatic heterocycles. The fourth-order valence-electron chi connectivity index (χ4n) is 2.63. The van der Waals surface area contributed by atoms with Gasteiger partial charge in [-0.15, -0.1) is 0 Å². The van der Waals surface area contributed by atoms with Gasteiger partial charge < -0.3 is 9.72 Å². The van der Waals surface area contributed by atoms with E-state index in [4.69, 9.17) is 4.74 Å². The van der Waals surface area contributed by atoms with Gasteiger partial charge in [-0.2, -0.15) is 0 Å². The number of aromatic nitrogens is 1. The van der Waals surface area contributed by atoms with Crippen LogP contribution in [-0.4, -0.2) is 19.9 Å². The molecule has 3 aromatic rings. The molecule has 0 atom stereocenters. The molecule has 0 aliphatic heterocycles. The number of aromatic amines is 1. The molecule has 0 unspecified atom stereocenters. The predicted octanol–water partition coefficient (Wildman–Crippen LogP) is 3.44. The standard InChI is InChI=1S/C20H20N2O4S/c1-3-22-27(24,25)17-9-10-19(26-16-7-5-4-6-8-16)18(12-17)15-11-14(2)20(23)21-13-15/h4-13,22H,3H2,1-2H3,(H,21,23). The van der Waals surface area contributed by atoms with Crippen molar-refractivity contribution in [2.24, 2.45) is 0 Å². The first-order valence-corrected chi connectivity index (χ1v) is 9.95. The van der Waals surface area contributed by atoms with E-state index in [1.54, 1.807) is 38.2 Å². The molecule has 0 saturated heterocycles. The monoisotopic (exact) mass is 384 g/mol. The SMILES string of the molecule is CCNS(=O)(=O)c1ccc(Oc2ccccc2)c(-c2c[nH]c(=O)c(C)c2)c1. The number of nitrogens with one attached hydrogen (secondary N) is 2. The highest BCUT2D eigenvalue weighted by molar-refractivity contribution is 7.89. The number of benzene rings is 2. The summed E-state index contributed by atoms with van der Waals surface area (Å²) in [7, 11) is -3.63. The molecule has 0 radical (unpaired) electrons. The fourth-order valence-corrected chi connectivity index (χ4v) is 3.70. The van der Waals surface area contributed by atoms with Crippen molar-refractivity contribution in [1.82, 2.24) is 9.71 Å². The Morgan fingerprint density at radius 1 is 1.07 bits per heavy atom. The van der Waals surface area contributed by atoms with Gasteiger partial charge in [-0.05, 0) is 43.3 Å². The van der Waals surface area contributed by atoms with Gasteiger partial charge >= 0.3 is 0 Å². The van der Waals surface area contributed by atoms with E-state index in [0.29, 0.717) is 28.2 Å². The zero-order valence-electron chi connectivity index (χ0n) is 15.0. The molecule has 0 bridgehead atoms. The van der Waals surface area contributed by atoms with Crippen LogP contribution >= 0.6 is 0 Å². The molecule has 0 fully saturated rings. The Balaban J connectivity index is 2.15. The lowest BCUT2D eigenvalue weighted by molar-refractivity contribution is 0.484. The minimum Gasteiger partial charge on any atom is -0.457 e. The molecule has 2 aromatic carbocycles. The summed E-state index contributed by atoms with van der Waals surface area (Å²) in [6.07, 6.45) is 1.55. The molecule has 3 rings (SSSR count). The van der Waals surface area contributed by atoms with Crippen molar-refractivity contribution >= 4 is 10.0 Å². The average Bonchev–Trinajstić information content (AvgIpc) is 2.65. The van der Waals surface area contributed by atoms with E-state index in [2.05, 4.69) is 9.71 Å². The van der Waals surface area contributed by atoms with Crippen LogP contribution in [0.25, 0.3) is 11.1 Å². The first kappa shape index (κ1) is 18.9. The number of aryl methyl sites for hydroxylation is 1. The Morgan fingerprint density at radius 2 is 1.81 bits per heavy atom. The molecule has 0 aliphatic carbocycles. The third kappa shape index (κ3) is 4.27. The second-order valence-electron chi connectivity index (χ2n) is 5.97. The van der Waals surface area contributed by atoms with E-state index in [0.717, 1.165) is 0 Å². The third-order valence-corrected chi connectivity index (χ3v) is 5.51. The minimum absolute atomic E-state index is 0.128. The lowest BCUT2D eigenvalue weighted by atomic mass is 10.1. The largest absolute Gasteiger partial charge is 0.457 e. The van der Waals surface area contributed by atoms with Crippen molar-refractivity contribution in [3.05, 3.63) is 76.7 Å². The van der Waals surface area contributed by atoms with E-state index in [1.165, 1.54) is 6.07 Å². The summed E-state index contributed by atoms with van der Waals surface area (Å²) in [5.74, 6) is 1.12. The van der Waals surface area contributed by atoms with Crippen LogP contribution in [0.4, 0.5) is 0 Å². The van der Waals surface area contributed by atoms with Gasteiger partial charge in [0.1, 0.15) is 11.5 Å². The minimum atomic E-state index is -3.63. The van der Waals surface area contributed by atoms with Gasteiger partial charge in [0.2, 0.25) is 10.0 Å². The van der Waals surface area contributed by atoms with Crippen LogP contribution in [0.5, 0.6) is 11.5 Å². The number of H-pyrrole nitrogens is 1. The number of rotatable bonds is 6. The average molecular weight is 384 g/mol. The molecule has 6 nitrogen and oxygen atoms in total. The van der Waals surface area contributed by atoms with Crippen LogP contribution in [0.15, 0.2) is 70.5 Å². The van der Waals surface area contributed by atoms with E-state index in [9.17, 15) is 13.2 Å². The number of hydrogen-bond acceptors (Lipinski definition) is 4. The second-order valence-corrected chi connectivity index (χ2v) is 7.74. The Morgan fingerprint density at radius 3 is 2.48 bits per heavy atom. The molecule has 1 heterocycles. The van der Waals surface area contributed by atoms with Gasteiger partial charge in [-0.25, -0.2) is 13.1 Å². The van der Waals surface area contributed by atoms with E-state index in [-0.39, 0.29) is 17.0 Å². The van der Waals surface area contributed by atoms with Crippen molar-refractivity contribution in [2.75, 3.05) is 6.54 Å². The van der Waals surface area contributed by atoms with Gasteiger partial charge in [-0.3, -0.25) is 4.79 Å². The van der Waals surface area contributed by atoms with Crippen LogP contribution in [0.2, 0.25) is 0 Å². The van der Waals surface area contributed by atoms with Gasteiger partial charge in [0.05, 0.1) is 4.90 Å². The smallest absolute Gasteiger partial charge is 0.250 e. The van der Waals surface area contributed by atoms with Crippen LogP contribution in [0.3, 0.4) is 0 Å².